The minimum Gasteiger partial charge on any atom is -0.495 e. The summed E-state index contributed by atoms with van der Waals surface area (Å²) >= 11 is 0. The fourth-order valence-electron chi connectivity index (χ4n) is 2.09. The molecule has 1 amide bonds. The second-order valence-corrected chi connectivity index (χ2v) is 4.99. The summed E-state index contributed by atoms with van der Waals surface area (Å²) in [5.41, 5.74) is 6.14. The Labute approximate surface area is 114 Å². The third-order valence-electron chi connectivity index (χ3n) is 3.33. The Morgan fingerprint density at radius 1 is 1.45 bits per heavy atom. The van der Waals surface area contributed by atoms with Crippen LogP contribution in [-0.2, 0) is 11.2 Å². The lowest BCUT2D eigenvalue weighted by molar-refractivity contribution is -0.174. The molecule has 1 aliphatic rings. The van der Waals surface area contributed by atoms with Crippen molar-refractivity contribution < 1.29 is 22.7 Å². The maximum Gasteiger partial charge on any atom is 0.471 e. The van der Waals surface area contributed by atoms with E-state index in [0.717, 1.165) is 5.56 Å². The van der Waals surface area contributed by atoms with Crippen LogP contribution in [0.3, 0.4) is 0 Å². The smallest absolute Gasteiger partial charge is 0.471 e. The highest BCUT2D eigenvalue weighted by molar-refractivity contribution is 5.82. The topological polar surface area (TPSA) is 64.3 Å². The highest BCUT2D eigenvalue weighted by Gasteiger charge is 2.49. The number of nitrogens with one attached hydrogen (secondary N) is 1. The number of halogens is 3. The zero-order valence-corrected chi connectivity index (χ0v) is 10.9. The van der Waals surface area contributed by atoms with Gasteiger partial charge >= 0.3 is 12.1 Å². The summed E-state index contributed by atoms with van der Waals surface area (Å²) in [7, 11) is 1.48. The number of ether oxygens (including phenoxy) is 1. The lowest BCUT2D eigenvalue weighted by atomic mass is 10.0. The van der Waals surface area contributed by atoms with Crippen molar-refractivity contribution in [1.82, 2.24) is 5.32 Å². The molecule has 1 fully saturated rings. The van der Waals surface area contributed by atoms with Gasteiger partial charge in [0.05, 0.1) is 12.8 Å². The van der Waals surface area contributed by atoms with E-state index < -0.39 is 17.6 Å². The molecule has 110 valence electrons. The maximum atomic E-state index is 12.3. The van der Waals surface area contributed by atoms with Crippen molar-refractivity contribution in [1.29, 1.82) is 0 Å². The summed E-state index contributed by atoms with van der Waals surface area (Å²) in [6.45, 7) is 0. The Kier molecular flexibility index (Phi) is 3.54. The monoisotopic (exact) mass is 288 g/mol. The average Bonchev–Trinajstić information content (AvgIpc) is 3.07. The van der Waals surface area contributed by atoms with E-state index in [4.69, 9.17) is 10.5 Å². The summed E-state index contributed by atoms with van der Waals surface area (Å²) in [6.07, 6.45) is -3.47. The number of benzene rings is 1. The van der Waals surface area contributed by atoms with E-state index in [1.54, 1.807) is 18.2 Å². The highest BCUT2D eigenvalue weighted by Crippen LogP contribution is 2.40. The molecule has 0 saturated heterocycles. The van der Waals surface area contributed by atoms with Crippen molar-refractivity contribution in [3.63, 3.8) is 0 Å². The number of alkyl halides is 3. The molecule has 1 aliphatic carbocycles. The second-order valence-electron chi connectivity index (χ2n) is 4.99. The van der Waals surface area contributed by atoms with Crippen LogP contribution in [0.5, 0.6) is 5.75 Å². The van der Waals surface area contributed by atoms with Crippen LogP contribution < -0.4 is 15.8 Å². The largest absolute Gasteiger partial charge is 0.495 e. The molecule has 1 saturated carbocycles. The number of carbonyl (C=O) groups excluding carboxylic acids is 1. The maximum absolute atomic E-state index is 12.3. The molecule has 0 atom stereocenters. The molecule has 1 aromatic carbocycles. The summed E-state index contributed by atoms with van der Waals surface area (Å²) in [4.78, 5) is 11.0. The third-order valence-corrected chi connectivity index (χ3v) is 3.33. The minimum absolute atomic E-state index is 0.322. The first-order valence-corrected chi connectivity index (χ1v) is 6.07. The summed E-state index contributed by atoms with van der Waals surface area (Å²) in [5.74, 6) is -1.38. The number of nitrogens with two attached hydrogens (primary N) is 1. The van der Waals surface area contributed by atoms with Gasteiger partial charge in [-0.1, -0.05) is 6.07 Å². The van der Waals surface area contributed by atoms with E-state index in [1.807, 2.05) is 0 Å². The van der Waals surface area contributed by atoms with Gasteiger partial charge in [0, 0.05) is 5.54 Å². The molecule has 0 aliphatic heterocycles. The fourth-order valence-corrected chi connectivity index (χ4v) is 2.09. The molecular weight excluding hydrogens is 273 g/mol. The van der Waals surface area contributed by atoms with Gasteiger partial charge in [0.2, 0.25) is 0 Å². The number of methoxy groups -OCH3 is 1. The normalized spacial score (nSPS) is 16.6. The molecule has 2 rings (SSSR count). The van der Waals surface area contributed by atoms with E-state index in [2.05, 4.69) is 5.32 Å². The minimum atomic E-state index is -4.85. The van der Waals surface area contributed by atoms with Gasteiger partial charge in [-0.25, -0.2) is 0 Å². The first kappa shape index (κ1) is 14.5. The number of carbonyl (C=O) groups is 1. The zero-order valence-electron chi connectivity index (χ0n) is 10.9. The van der Waals surface area contributed by atoms with Crippen LogP contribution in [0, 0.1) is 0 Å². The molecule has 4 nitrogen and oxygen atoms in total. The van der Waals surface area contributed by atoms with Crippen molar-refractivity contribution in [2.45, 2.75) is 31.0 Å². The molecular formula is C13H15F3N2O2. The molecule has 0 unspecified atom stereocenters. The SMILES string of the molecule is COc1ccc(CC2(NC(=O)C(F)(F)F)CC2)cc1N. The first-order chi connectivity index (χ1) is 9.26. The molecule has 0 heterocycles. The Morgan fingerprint density at radius 2 is 2.10 bits per heavy atom. The average molecular weight is 288 g/mol. The summed E-state index contributed by atoms with van der Waals surface area (Å²) in [5, 5.41) is 2.07. The standard InChI is InChI=1S/C13H15F3N2O2/c1-20-10-3-2-8(6-9(10)17)7-12(4-5-12)18-11(19)13(14,15)16/h2-3,6H,4-5,7,17H2,1H3,(H,18,19). The molecule has 20 heavy (non-hydrogen) atoms. The number of anilines is 1. The van der Waals surface area contributed by atoms with Crippen LogP contribution >= 0.6 is 0 Å². The van der Waals surface area contributed by atoms with Crippen LogP contribution in [0.1, 0.15) is 18.4 Å². The molecule has 0 radical (unpaired) electrons. The van der Waals surface area contributed by atoms with E-state index >= 15 is 0 Å². The Balaban J connectivity index is 2.06. The van der Waals surface area contributed by atoms with Crippen LogP contribution in [-0.4, -0.2) is 24.7 Å². The van der Waals surface area contributed by atoms with Gasteiger partial charge in [-0.2, -0.15) is 13.2 Å². The summed E-state index contributed by atoms with van der Waals surface area (Å²) < 4.78 is 41.8. The van der Waals surface area contributed by atoms with Crippen molar-refractivity contribution >= 4 is 11.6 Å². The van der Waals surface area contributed by atoms with Gasteiger partial charge in [-0.15, -0.1) is 0 Å². The quantitative estimate of drug-likeness (QED) is 0.833. The van der Waals surface area contributed by atoms with Crippen LogP contribution in [0.4, 0.5) is 18.9 Å². The van der Waals surface area contributed by atoms with E-state index in [1.165, 1.54) is 7.11 Å². The van der Waals surface area contributed by atoms with Crippen molar-refractivity contribution in [2.75, 3.05) is 12.8 Å². The zero-order chi connectivity index (χ0) is 15.0. The van der Waals surface area contributed by atoms with Gasteiger partial charge < -0.3 is 15.8 Å². The van der Waals surface area contributed by atoms with E-state index in [9.17, 15) is 18.0 Å². The predicted molar refractivity (Wildman–Crippen MR) is 67.3 cm³/mol. The predicted octanol–water partition coefficient (Wildman–Crippen LogP) is 2.03. The van der Waals surface area contributed by atoms with E-state index in [0.29, 0.717) is 30.7 Å². The van der Waals surface area contributed by atoms with Gasteiger partial charge in [-0.3, -0.25) is 4.79 Å². The van der Waals surface area contributed by atoms with E-state index in [-0.39, 0.29) is 0 Å². The molecule has 0 spiro atoms. The second kappa shape index (κ2) is 4.88. The number of rotatable bonds is 4. The highest BCUT2D eigenvalue weighted by atomic mass is 19.4. The van der Waals surface area contributed by atoms with Gasteiger partial charge in [0.1, 0.15) is 5.75 Å². The number of nitrogen functional groups attached to an aromatic ring is 1. The lowest BCUT2D eigenvalue weighted by Gasteiger charge is -2.19. The van der Waals surface area contributed by atoms with Crippen molar-refractivity contribution in [3.8, 4) is 5.75 Å². The van der Waals surface area contributed by atoms with Gasteiger partial charge in [0.25, 0.3) is 0 Å². The number of hydrogen-bond donors (Lipinski definition) is 2. The summed E-state index contributed by atoms with van der Waals surface area (Å²) in [6, 6.07) is 5.04. The molecule has 7 heteroatoms. The van der Waals surface area contributed by atoms with Crippen LogP contribution in [0.25, 0.3) is 0 Å². The van der Waals surface area contributed by atoms with Crippen molar-refractivity contribution in [3.05, 3.63) is 23.8 Å². The van der Waals surface area contributed by atoms with Crippen LogP contribution in [0.2, 0.25) is 0 Å². The van der Waals surface area contributed by atoms with Crippen molar-refractivity contribution in [2.24, 2.45) is 0 Å². The molecule has 1 aromatic rings. The van der Waals surface area contributed by atoms with Gasteiger partial charge in [-0.05, 0) is 37.0 Å². The Hall–Kier alpha value is -1.92. The molecule has 0 aromatic heterocycles. The number of amides is 1. The lowest BCUT2D eigenvalue weighted by Crippen LogP contribution is -2.45. The van der Waals surface area contributed by atoms with Gasteiger partial charge in [0.15, 0.2) is 0 Å². The number of hydrogen-bond acceptors (Lipinski definition) is 3. The Morgan fingerprint density at radius 3 is 2.55 bits per heavy atom. The van der Waals surface area contributed by atoms with Crippen LogP contribution in [0.15, 0.2) is 18.2 Å². The Bertz CT molecular complexity index is 525. The molecule has 0 bridgehead atoms. The third kappa shape index (κ3) is 3.15. The molecule has 3 N–H and O–H groups in total. The first-order valence-electron chi connectivity index (χ1n) is 6.07. The fraction of sp³-hybridized carbons (Fsp3) is 0.462.